The van der Waals surface area contributed by atoms with E-state index < -0.39 is 0 Å². The number of carbonyl (C=O) groups excluding carboxylic acids is 2. The summed E-state index contributed by atoms with van der Waals surface area (Å²) in [5.74, 6) is 1.47. The molecular weight excluding hydrogens is 358 g/mol. The number of amides is 2. The first-order chi connectivity index (χ1) is 13.7. The second kappa shape index (κ2) is 10.3. The minimum absolute atomic E-state index is 0.0769. The summed E-state index contributed by atoms with van der Waals surface area (Å²) >= 11 is 0. The molecule has 2 saturated heterocycles. The van der Waals surface area contributed by atoms with E-state index in [1.165, 1.54) is 17.7 Å². The summed E-state index contributed by atoms with van der Waals surface area (Å²) in [7, 11) is 0. The average molecular weight is 390 g/mol. The smallest absolute Gasteiger partial charge is 0.229 e. The quantitative estimate of drug-likeness (QED) is 0.398. The molecule has 1 aromatic rings. The highest BCUT2D eigenvalue weighted by atomic mass is 16.3. The molecule has 8 nitrogen and oxygen atoms in total. The van der Waals surface area contributed by atoms with Crippen LogP contribution in [0.4, 0.5) is 0 Å². The van der Waals surface area contributed by atoms with E-state index in [4.69, 9.17) is 9.41 Å². The van der Waals surface area contributed by atoms with Gasteiger partial charge in [0.25, 0.3) is 0 Å². The summed E-state index contributed by atoms with van der Waals surface area (Å²) in [6, 6.07) is 4.04. The van der Waals surface area contributed by atoms with Crippen LogP contribution in [0.25, 0.3) is 0 Å². The molecule has 1 aromatic heterocycles. The molecule has 2 fully saturated rings. The van der Waals surface area contributed by atoms with Crippen molar-refractivity contribution >= 4 is 17.8 Å². The average Bonchev–Trinajstić information content (AvgIpc) is 3.39. The minimum Gasteiger partial charge on any atom is -0.468 e. The summed E-state index contributed by atoms with van der Waals surface area (Å²) in [6.07, 6.45) is 5.70. The Labute approximate surface area is 166 Å². The van der Waals surface area contributed by atoms with Gasteiger partial charge in [-0.25, -0.2) is 0 Å². The Morgan fingerprint density at radius 3 is 2.57 bits per heavy atom. The molecule has 1 unspecified atom stereocenters. The summed E-state index contributed by atoms with van der Waals surface area (Å²) < 4.78 is 5.65. The number of rotatable bonds is 8. The van der Waals surface area contributed by atoms with Crippen molar-refractivity contribution < 1.29 is 14.0 Å². The number of likely N-dealkylation sites (tertiary alicyclic amines) is 2. The maximum absolute atomic E-state index is 11.9. The van der Waals surface area contributed by atoms with Crippen molar-refractivity contribution in [3.63, 3.8) is 0 Å². The molecule has 0 aliphatic carbocycles. The summed E-state index contributed by atoms with van der Waals surface area (Å²) in [4.78, 5) is 32.3. The minimum atomic E-state index is -0.0769. The first kappa shape index (κ1) is 20.4. The van der Waals surface area contributed by atoms with Crippen LogP contribution in [0.1, 0.15) is 50.8 Å². The molecule has 0 spiro atoms. The van der Waals surface area contributed by atoms with Crippen LogP contribution in [0.5, 0.6) is 0 Å². The summed E-state index contributed by atoms with van der Waals surface area (Å²) in [5.41, 5.74) is 0. The predicted molar refractivity (Wildman–Crippen MR) is 107 cm³/mol. The van der Waals surface area contributed by atoms with Crippen molar-refractivity contribution in [1.82, 2.24) is 20.4 Å². The number of aliphatic imine (C=N–C) groups is 1. The van der Waals surface area contributed by atoms with Crippen LogP contribution in [0, 0.1) is 0 Å². The molecule has 0 aromatic carbocycles. The second-order valence-corrected chi connectivity index (χ2v) is 7.21. The van der Waals surface area contributed by atoms with Gasteiger partial charge < -0.3 is 15.1 Å². The van der Waals surface area contributed by atoms with E-state index in [-0.39, 0.29) is 17.9 Å². The fourth-order valence-corrected chi connectivity index (χ4v) is 3.77. The molecule has 2 aliphatic rings. The molecular formula is C20H31N5O3. The first-order valence-electron chi connectivity index (χ1n) is 10.3. The Balaban J connectivity index is 1.57. The van der Waals surface area contributed by atoms with E-state index >= 15 is 0 Å². The maximum atomic E-state index is 11.9. The lowest BCUT2D eigenvalue weighted by molar-refractivity contribution is -0.147. The largest absolute Gasteiger partial charge is 0.468 e. The number of nitrogens with one attached hydrogen (secondary N) is 2. The molecule has 2 amide bonds. The number of guanidine groups is 1. The first-order valence-corrected chi connectivity index (χ1v) is 10.3. The van der Waals surface area contributed by atoms with Gasteiger partial charge >= 0.3 is 0 Å². The monoisotopic (exact) mass is 389 g/mol. The number of carbonyl (C=O) groups is 2. The number of nitrogens with zero attached hydrogens (tertiary/aromatic N) is 3. The fourth-order valence-electron chi connectivity index (χ4n) is 3.77. The lowest BCUT2D eigenvalue weighted by atomic mass is 10.1. The van der Waals surface area contributed by atoms with Crippen molar-refractivity contribution in [3.05, 3.63) is 24.2 Å². The standard InChI is InChI=1S/C20H31N5O3/c1-2-21-20(22-10-13-25-18(26)8-5-9-19(25)27)23-15-16(17-7-6-14-28-17)24-11-3-4-12-24/h6-7,14,16H,2-5,8-13,15H2,1H3,(H2,21,22,23). The van der Waals surface area contributed by atoms with E-state index in [2.05, 4.69) is 15.5 Å². The zero-order valence-corrected chi connectivity index (χ0v) is 16.7. The topological polar surface area (TPSA) is 90.2 Å². The van der Waals surface area contributed by atoms with E-state index in [1.54, 1.807) is 6.26 Å². The van der Waals surface area contributed by atoms with E-state index in [0.717, 1.165) is 25.4 Å². The molecule has 0 bridgehead atoms. The van der Waals surface area contributed by atoms with Crippen molar-refractivity contribution in [2.45, 2.75) is 45.1 Å². The Morgan fingerprint density at radius 1 is 1.18 bits per heavy atom. The molecule has 8 heteroatoms. The molecule has 154 valence electrons. The molecule has 0 radical (unpaired) electrons. The molecule has 3 rings (SSSR count). The van der Waals surface area contributed by atoms with Crippen LogP contribution < -0.4 is 10.6 Å². The van der Waals surface area contributed by atoms with Gasteiger partial charge in [-0.3, -0.25) is 24.4 Å². The van der Waals surface area contributed by atoms with Crippen LogP contribution in [-0.2, 0) is 9.59 Å². The maximum Gasteiger partial charge on any atom is 0.229 e. The molecule has 28 heavy (non-hydrogen) atoms. The summed E-state index contributed by atoms with van der Waals surface area (Å²) in [6.45, 7) is 6.31. The normalized spacial score (nSPS) is 19.9. The Bertz CT molecular complexity index is 651. The lowest BCUT2D eigenvalue weighted by Crippen LogP contribution is -2.46. The van der Waals surface area contributed by atoms with Gasteiger partial charge in [0.1, 0.15) is 5.76 Å². The molecule has 2 aliphatic heterocycles. The SMILES string of the molecule is CCNC(=NCC(c1ccco1)N1CCCC1)NCCN1C(=O)CCCC1=O. The highest BCUT2D eigenvalue weighted by Crippen LogP contribution is 2.25. The Hall–Kier alpha value is -2.35. The predicted octanol–water partition coefficient (Wildman–Crippen LogP) is 1.51. The zero-order valence-electron chi connectivity index (χ0n) is 16.7. The zero-order chi connectivity index (χ0) is 19.8. The summed E-state index contributed by atoms with van der Waals surface area (Å²) in [5, 5.41) is 6.48. The molecule has 3 heterocycles. The molecule has 2 N–H and O–H groups in total. The Kier molecular flexibility index (Phi) is 7.47. The van der Waals surface area contributed by atoms with Gasteiger partial charge in [0.15, 0.2) is 5.96 Å². The fraction of sp³-hybridized carbons (Fsp3) is 0.650. The van der Waals surface area contributed by atoms with E-state index in [9.17, 15) is 9.59 Å². The number of furan rings is 1. The van der Waals surface area contributed by atoms with E-state index in [0.29, 0.717) is 44.9 Å². The highest BCUT2D eigenvalue weighted by Gasteiger charge is 2.26. The van der Waals surface area contributed by atoms with Crippen LogP contribution in [0.3, 0.4) is 0 Å². The van der Waals surface area contributed by atoms with Gasteiger partial charge in [0.05, 0.1) is 18.8 Å². The molecule has 0 saturated carbocycles. The molecule has 1 atom stereocenters. The Morgan fingerprint density at radius 2 is 1.93 bits per heavy atom. The number of piperidine rings is 1. The van der Waals surface area contributed by atoms with Crippen molar-refractivity contribution in [1.29, 1.82) is 0 Å². The third-order valence-electron chi connectivity index (χ3n) is 5.23. The third kappa shape index (κ3) is 5.34. The number of hydrogen-bond donors (Lipinski definition) is 2. The van der Waals surface area contributed by atoms with Gasteiger partial charge in [-0.05, 0) is 51.4 Å². The number of imide groups is 1. The van der Waals surface area contributed by atoms with Gasteiger partial charge in [-0.15, -0.1) is 0 Å². The van der Waals surface area contributed by atoms with Gasteiger partial charge in [-0.1, -0.05) is 0 Å². The van der Waals surface area contributed by atoms with Crippen molar-refractivity contribution in [2.75, 3.05) is 39.3 Å². The van der Waals surface area contributed by atoms with Crippen LogP contribution in [-0.4, -0.2) is 66.8 Å². The van der Waals surface area contributed by atoms with E-state index in [1.807, 2.05) is 19.1 Å². The second-order valence-electron chi connectivity index (χ2n) is 7.21. The van der Waals surface area contributed by atoms with Crippen LogP contribution >= 0.6 is 0 Å². The highest BCUT2D eigenvalue weighted by molar-refractivity contribution is 5.97. The van der Waals surface area contributed by atoms with Crippen LogP contribution in [0.15, 0.2) is 27.8 Å². The van der Waals surface area contributed by atoms with Crippen molar-refractivity contribution in [3.8, 4) is 0 Å². The van der Waals surface area contributed by atoms with Gasteiger partial charge in [-0.2, -0.15) is 0 Å². The van der Waals surface area contributed by atoms with Gasteiger partial charge in [0.2, 0.25) is 11.8 Å². The van der Waals surface area contributed by atoms with Crippen molar-refractivity contribution in [2.24, 2.45) is 4.99 Å². The van der Waals surface area contributed by atoms with Gasteiger partial charge in [0, 0.05) is 32.5 Å². The third-order valence-corrected chi connectivity index (χ3v) is 5.23. The lowest BCUT2D eigenvalue weighted by Gasteiger charge is -2.26. The number of hydrogen-bond acceptors (Lipinski definition) is 5. The van der Waals surface area contributed by atoms with Crippen LogP contribution in [0.2, 0.25) is 0 Å².